The number of aromatic nitrogens is 2. The first-order valence-electron chi connectivity index (χ1n) is 11.5. The molecule has 0 atom stereocenters. The summed E-state index contributed by atoms with van der Waals surface area (Å²) in [5, 5.41) is 7.66. The van der Waals surface area contributed by atoms with Crippen LogP contribution >= 0.6 is 0 Å². The van der Waals surface area contributed by atoms with Crippen LogP contribution in [0.3, 0.4) is 0 Å². The number of aldehydes is 1. The van der Waals surface area contributed by atoms with E-state index in [4.69, 9.17) is 0 Å². The number of nitrogens with one attached hydrogen (secondary N) is 2. The van der Waals surface area contributed by atoms with Gasteiger partial charge in [0.05, 0.1) is 12.1 Å². The van der Waals surface area contributed by atoms with Crippen LogP contribution in [0.4, 0.5) is 5.82 Å². The molecule has 4 rings (SSSR count). The Balaban J connectivity index is 0.000000202. The van der Waals surface area contributed by atoms with Crippen molar-refractivity contribution in [1.82, 2.24) is 20.2 Å². The number of carbonyl (C=O) groups is 1. The van der Waals surface area contributed by atoms with Gasteiger partial charge in [-0.05, 0) is 57.4 Å². The van der Waals surface area contributed by atoms with E-state index in [1.165, 1.54) is 5.56 Å². The first kappa shape index (κ1) is 25.0. The summed E-state index contributed by atoms with van der Waals surface area (Å²) >= 11 is 0. The zero-order valence-electron chi connectivity index (χ0n) is 20.2. The second-order valence-corrected chi connectivity index (χ2v) is 8.23. The predicted molar refractivity (Wildman–Crippen MR) is 141 cm³/mol. The van der Waals surface area contributed by atoms with Crippen LogP contribution in [0.25, 0.3) is 22.0 Å². The number of nitrogens with zero attached hydrogens (tertiary/aromatic N) is 3. The maximum Gasteiger partial charge on any atom is 0.150 e. The summed E-state index contributed by atoms with van der Waals surface area (Å²) in [7, 11) is 6.02. The molecule has 176 valence electrons. The van der Waals surface area contributed by atoms with Gasteiger partial charge in [0, 0.05) is 17.5 Å². The van der Waals surface area contributed by atoms with Gasteiger partial charge in [0.25, 0.3) is 0 Å². The van der Waals surface area contributed by atoms with E-state index in [0.717, 1.165) is 60.4 Å². The van der Waals surface area contributed by atoms with Crippen molar-refractivity contribution in [2.75, 3.05) is 39.5 Å². The van der Waals surface area contributed by atoms with Crippen molar-refractivity contribution >= 4 is 23.0 Å². The summed E-state index contributed by atoms with van der Waals surface area (Å²) in [6.45, 7) is 2.65. The van der Waals surface area contributed by atoms with Gasteiger partial charge in [-0.1, -0.05) is 66.7 Å². The third-order valence-corrected chi connectivity index (χ3v) is 5.16. The molecule has 0 fully saturated rings. The van der Waals surface area contributed by atoms with E-state index in [1.54, 1.807) is 0 Å². The fourth-order valence-corrected chi connectivity index (χ4v) is 3.47. The lowest BCUT2D eigenvalue weighted by Crippen LogP contribution is -2.16. The minimum absolute atomic E-state index is 0.713. The Morgan fingerprint density at radius 3 is 2.18 bits per heavy atom. The van der Waals surface area contributed by atoms with Crippen LogP contribution in [0.15, 0.2) is 78.9 Å². The van der Waals surface area contributed by atoms with Crippen molar-refractivity contribution in [2.45, 2.75) is 13.0 Å². The van der Waals surface area contributed by atoms with Crippen LogP contribution in [-0.4, -0.2) is 55.4 Å². The molecular formula is C28H33N5O. The van der Waals surface area contributed by atoms with Crippen molar-refractivity contribution in [2.24, 2.45) is 0 Å². The second-order valence-electron chi connectivity index (χ2n) is 8.23. The lowest BCUT2D eigenvalue weighted by atomic mass is 10.0. The van der Waals surface area contributed by atoms with Crippen LogP contribution < -0.4 is 10.6 Å². The van der Waals surface area contributed by atoms with E-state index in [9.17, 15) is 4.79 Å². The van der Waals surface area contributed by atoms with Gasteiger partial charge in [0.15, 0.2) is 0 Å². The van der Waals surface area contributed by atoms with Gasteiger partial charge in [-0.3, -0.25) is 4.79 Å². The topological polar surface area (TPSA) is 70.2 Å². The number of benzene rings is 3. The number of hydrogen-bond acceptors (Lipinski definition) is 6. The van der Waals surface area contributed by atoms with Crippen LogP contribution in [0.1, 0.15) is 22.6 Å². The summed E-state index contributed by atoms with van der Waals surface area (Å²) < 4.78 is 0. The Labute approximate surface area is 202 Å². The normalized spacial score (nSPS) is 10.6. The summed E-state index contributed by atoms with van der Waals surface area (Å²) in [5.74, 6) is 1.79. The molecule has 6 heteroatoms. The van der Waals surface area contributed by atoms with E-state index in [0.29, 0.717) is 5.56 Å². The van der Waals surface area contributed by atoms with E-state index < -0.39 is 0 Å². The predicted octanol–water partition coefficient (Wildman–Crippen LogP) is 4.88. The highest BCUT2D eigenvalue weighted by Crippen LogP contribution is 2.20. The van der Waals surface area contributed by atoms with E-state index in [1.807, 2.05) is 81.8 Å². The molecule has 0 radical (unpaired) electrons. The highest BCUT2D eigenvalue weighted by molar-refractivity contribution is 5.89. The van der Waals surface area contributed by atoms with Crippen molar-refractivity contribution in [3.8, 4) is 11.1 Å². The van der Waals surface area contributed by atoms with Gasteiger partial charge >= 0.3 is 0 Å². The zero-order valence-corrected chi connectivity index (χ0v) is 20.2. The molecule has 0 spiro atoms. The quantitative estimate of drug-likeness (QED) is 0.277. The third-order valence-electron chi connectivity index (χ3n) is 5.16. The lowest BCUT2D eigenvalue weighted by Gasteiger charge is -2.13. The number of anilines is 1. The van der Waals surface area contributed by atoms with E-state index >= 15 is 0 Å². The Hall–Kier alpha value is -3.61. The van der Waals surface area contributed by atoms with Gasteiger partial charge in [0.2, 0.25) is 0 Å². The van der Waals surface area contributed by atoms with Crippen LogP contribution in [0, 0.1) is 0 Å². The Morgan fingerprint density at radius 1 is 0.824 bits per heavy atom. The van der Waals surface area contributed by atoms with Gasteiger partial charge in [-0.25, -0.2) is 9.97 Å². The Morgan fingerprint density at radius 2 is 1.50 bits per heavy atom. The van der Waals surface area contributed by atoms with Gasteiger partial charge in [-0.2, -0.15) is 0 Å². The molecule has 1 heterocycles. The van der Waals surface area contributed by atoms with Crippen molar-refractivity contribution in [1.29, 1.82) is 0 Å². The van der Waals surface area contributed by atoms with Crippen LogP contribution in [-0.2, 0) is 6.54 Å². The molecule has 0 saturated carbocycles. The fourth-order valence-electron chi connectivity index (χ4n) is 3.47. The maximum absolute atomic E-state index is 10.5. The van der Waals surface area contributed by atoms with E-state index in [-0.39, 0.29) is 0 Å². The molecule has 0 aliphatic heterocycles. The highest BCUT2D eigenvalue weighted by atomic mass is 16.1. The van der Waals surface area contributed by atoms with Gasteiger partial charge < -0.3 is 15.5 Å². The first-order valence-corrected chi connectivity index (χ1v) is 11.5. The average Bonchev–Trinajstić information content (AvgIpc) is 2.87. The lowest BCUT2D eigenvalue weighted by molar-refractivity contribution is 0.112. The standard InChI is InChI=1S/C15H23N5.C13H10O/c1-16-9-6-10-17-15-12-7-4-5-8-13(12)18-14(19-15)11-20(2)3;14-10-11-6-8-13(9-7-11)12-4-2-1-3-5-12/h4-5,7-8,16H,6,9-11H2,1-3H3,(H,17,18,19);1-10H. The fraction of sp³-hybridized carbons (Fsp3) is 0.250. The SMILES string of the molecule is CNCCCNc1nc(CN(C)C)nc2ccccc12.O=Cc1ccc(-c2ccccc2)cc1. The highest BCUT2D eigenvalue weighted by Gasteiger charge is 2.07. The largest absolute Gasteiger partial charge is 0.369 e. The second kappa shape index (κ2) is 13.2. The summed E-state index contributed by atoms with van der Waals surface area (Å²) in [5.41, 5.74) is 4.02. The van der Waals surface area contributed by atoms with Crippen LogP contribution in [0.5, 0.6) is 0 Å². The number of para-hydroxylation sites is 1. The van der Waals surface area contributed by atoms with Crippen molar-refractivity contribution in [3.63, 3.8) is 0 Å². The monoisotopic (exact) mass is 455 g/mol. The molecule has 0 unspecified atom stereocenters. The number of carbonyl (C=O) groups excluding carboxylic acids is 1. The first-order chi connectivity index (χ1) is 16.6. The molecule has 0 saturated heterocycles. The minimum atomic E-state index is 0.713. The number of rotatable bonds is 9. The Bertz CT molecular complexity index is 1160. The molecule has 0 aliphatic rings. The molecule has 0 aliphatic carbocycles. The molecule has 3 aromatic carbocycles. The summed E-state index contributed by atoms with van der Waals surface area (Å²) in [4.78, 5) is 21.8. The molecular weight excluding hydrogens is 422 g/mol. The smallest absolute Gasteiger partial charge is 0.150 e. The zero-order chi connectivity index (χ0) is 24.2. The van der Waals surface area contributed by atoms with Gasteiger partial charge in [0.1, 0.15) is 17.9 Å². The molecule has 4 aromatic rings. The average molecular weight is 456 g/mol. The summed E-state index contributed by atoms with van der Waals surface area (Å²) in [6, 6.07) is 25.8. The molecule has 34 heavy (non-hydrogen) atoms. The number of fused-ring (bicyclic) bond motifs is 1. The number of hydrogen-bond donors (Lipinski definition) is 2. The molecule has 0 amide bonds. The molecule has 2 N–H and O–H groups in total. The molecule has 1 aromatic heterocycles. The summed E-state index contributed by atoms with van der Waals surface area (Å²) in [6.07, 6.45) is 1.92. The van der Waals surface area contributed by atoms with E-state index in [2.05, 4.69) is 43.7 Å². The Kier molecular flexibility index (Phi) is 9.70. The van der Waals surface area contributed by atoms with Crippen LogP contribution in [0.2, 0.25) is 0 Å². The van der Waals surface area contributed by atoms with Crippen molar-refractivity contribution in [3.05, 3.63) is 90.3 Å². The molecule has 6 nitrogen and oxygen atoms in total. The van der Waals surface area contributed by atoms with Gasteiger partial charge in [-0.15, -0.1) is 0 Å². The maximum atomic E-state index is 10.5. The minimum Gasteiger partial charge on any atom is -0.369 e. The third kappa shape index (κ3) is 7.47. The molecule has 0 bridgehead atoms. The van der Waals surface area contributed by atoms with Crippen molar-refractivity contribution < 1.29 is 4.79 Å².